The van der Waals surface area contributed by atoms with Crippen LogP contribution in [0, 0.1) is 0 Å². The van der Waals surface area contributed by atoms with Gasteiger partial charge in [-0.3, -0.25) is 0 Å². The molecule has 3 fully saturated rings. The quantitative estimate of drug-likeness (QED) is 0.393. The zero-order valence-corrected chi connectivity index (χ0v) is 6.61. The zero-order chi connectivity index (χ0) is 9.16. The van der Waals surface area contributed by atoms with E-state index in [0.29, 0.717) is 0 Å². The van der Waals surface area contributed by atoms with E-state index in [1.54, 1.807) is 0 Å². The van der Waals surface area contributed by atoms with Gasteiger partial charge in [0.25, 0.3) is 6.48 Å². The number of fused-ring (bicyclic) bond motifs is 1. The molecule has 0 aromatic heterocycles. The van der Waals surface area contributed by atoms with E-state index in [0.717, 1.165) is 0 Å². The van der Waals surface area contributed by atoms with Crippen molar-refractivity contribution in [2.24, 2.45) is 0 Å². The molecule has 3 aliphatic rings. The van der Waals surface area contributed by atoms with Gasteiger partial charge in [0.2, 0.25) is 0 Å². The number of ether oxygens (including phenoxy) is 3. The van der Waals surface area contributed by atoms with Gasteiger partial charge in [0, 0.05) is 0 Å². The third-order valence-corrected chi connectivity index (χ3v) is 2.83. The van der Waals surface area contributed by atoms with E-state index in [9.17, 15) is 15.3 Å². The molecule has 3 unspecified atom stereocenters. The van der Waals surface area contributed by atoms with Gasteiger partial charge in [-0.25, -0.2) is 0 Å². The average molecular weight is 190 g/mol. The lowest BCUT2D eigenvalue weighted by Gasteiger charge is -2.41. The minimum absolute atomic E-state index is 0.460. The summed E-state index contributed by atoms with van der Waals surface area (Å²) in [7, 11) is 0. The van der Waals surface area contributed by atoms with E-state index in [4.69, 9.17) is 14.2 Å². The summed E-state index contributed by atoms with van der Waals surface area (Å²) in [4.78, 5) is 0. The molecule has 2 saturated heterocycles. The summed E-state index contributed by atoms with van der Waals surface area (Å²) in [6.07, 6.45) is -5.06. The molecule has 0 spiro atoms. The maximum Gasteiger partial charge on any atom is 0.272 e. The Balaban J connectivity index is 1.93. The van der Waals surface area contributed by atoms with Gasteiger partial charge in [-0.2, -0.15) is 0 Å². The van der Waals surface area contributed by atoms with Crippen molar-refractivity contribution in [3.63, 3.8) is 0 Å². The Labute approximate surface area is 73.6 Å². The van der Waals surface area contributed by atoms with E-state index in [1.165, 1.54) is 0 Å². The Kier molecular flexibility index (Phi) is 1.50. The molecule has 0 aromatic carbocycles. The molecule has 0 aromatic rings. The molecule has 2 bridgehead atoms. The summed E-state index contributed by atoms with van der Waals surface area (Å²) in [6.45, 7) is -0.795. The molecular weight excluding hydrogens is 180 g/mol. The molecule has 1 aliphatic carbocycles. The highest BCUT2D eigenvalue weighted by molar-refractivity contribution is 5.05. The summed E-state index contributed by atoms with van der Waals surface area (Å²) in [5.74, 6) is 0. The van der Waals surface area contributed by atoms with Crippen molar-refractivity contribution in [1.29, 1.82) is 0 Å². The monoisotopic (exact) mass is 190 g/mol. The summed E-state index contributed by atoms with van der Waals surface area (Å²) in [5.41, 5.74) is 0. The first-order valence-electron chi connectivity index (χ1n) is 4.19. The number of aliphatic hydroxyl groups excluding tert-OH is 3. The van der Waals surface area contributed by atoms with Crippen LogP contribution < -0.4 is 0 Å². The van der Waals surface area contributed by atoms with E-state index < -0.39 is 43.1 Å². The van der Waals surface area contributed by atoms with E-state index in [1.807, 2.05) is 0 Å². The lowest BCUT2D eigenvalue weighted by molar-refractivity contribution is -0.286. The number of hydrogen-bond donors (Lipinski definition) is 3. The third kappa shape index (κ3) is 0.876. The van der Waals surface area contributed by atoms with Gasteiger partial charge in [-0.05, 0) is 0 Å². The van der Waals surface area contributed by atoms with E-state index in [-0.39, 0.29) is 0 Å². The Morgan fingerprint density at radius 3 is 1.54 bits per heavy atom. The van der Waals surface area contributed by atoms with Crippen LogP contribution in [0.15, 0.2) is 0 Å². The summed E-state index contributed by atoms with van der Waals surface area (Å²) < 4.78 is 15.3. The second-order valence-corrected chi connectivity index (χ2v) is 3.56. The van der Waals surface area contributed by atoms with Gasteiger partial charge in [0.05, 0.1) is 0 Å². The molecule has 0 radical (unpaired) electrons. The van der Waals surface area contributed by atoms with Crippen LogP contribution >= 0.6 is 0 Å². The number of aliphatic hydroxyl groups is 3. The summed E-state index contributed by atoms with van der Waals surface area (Å²) in [5, 5.41) is 28.3. The van der Waals surface area contributed by atoms with Gasteiger partial charge in [0.15, 0.2) is 0 Å². The highest BCUT2D eigenvalue weighted by Crippen LogP contribution is 2.40. The van der Waals surface area contributed by atoms with Crippen molar-refractivity contribution in [3.8, 4) is 0 Å². The normalized spacial score (nSPS) is 64.4. The number of hydrogen-bond acceptors (Lipinski definition) is 6. The predicted molar refractivity (Wildman–Crippen MR) is 36.4 cm³/mol. The highest BCUT2D eigenvalue weighted by atomic mass is 16.9. The smallest absolute Gasteiger partial charge is 0.272 e. The Morgan fingerprint density at radius 1 is 0.615 bits per heavy atom. The second-order valence-electron chi connectivity index (χ2n) is 3.56. The molecule has 3 N–H and O–H groups in total. The van der Waals surface area contributed by atoms with Crippen LogP contribution in [-0.4, -0.2) is 58.4 Å². The molecule has 13 heavy (non-hydrogen) atoms. The van der Waals surface area contributed by atoms with Crippen LogP contribution in [0.5, 0.6) is 0 Å². The molecule has 7 atom stereocenters. The topological polar surface area (TPSA) is 88.4 Å². The maximum atomic E-state index is 9.49. The molecule has 2 heterocycles. The van der Waals surface area contributed by atoms with Crippen molar-refractivity contribution >= 4 is 0 Å². The molecular formula is C7H10O6. The zero-order valence-electron chi connectivity index (χ0n) is 6.61. The number of rotatable bonds is 0. The van der Waals surface area contributed by atoms with Crippen LogP contribution in [0.1, 0.15) is 0 Å². The summed E-state index contributed by atoms with van der Waals surface area (Å²) >= 11 is 0. The van der Waals surface area contributed by atoms with Gasteiger partial charge >= 0.3 is 0 Å². The summed E-state index contributed by atoms with van der Waals surface area (Å²) in [6, 6.07) is 0. The Hall–Kier alpha value is -0.240. The molecule has 1 saturated carbocycles. The minimum Gasteiger partial charge on any atom is -0.387 e. The van der Waals surface area contributed by atoms with Gasteiger partial charge in [-0.15, -0.1) is 0 Å². The minimum atomic E-state index is -1.23. The van der Waals surface area contributed by atoms with Crippen LogP contribution in [0.25, 0.3) is 0 Å². The standard InChI is InChI=1S/C7H10O6/c8-1-2(9)4-6-5(3(1)10)12-7(11-4)13-6/h1-10H/t1?,2-,3+,4+,5-,6?,7?. The fraction of sp³-hybridized carbons (Fsp3) is 1.00. The third-order valence-electron chi connectivity index (χ3n) is 2.83. The molecule has 0 amide bonds. The first kappa shape index (κ1) is 8.10. The van der Waals surface area contributed by atoms with Crippen LogP contribution in [0.2, 0.25) is 0 Å². The molecule has 3 rings (SSSR count). The predicted octanol–water partition coefficient (Wildman–Crippen LogP) is -2.45. The average Bonchev–Trinajstić information content (AvgIpc) is 2.70. The van der Waals surface area contributed by atoms with Crippen molar-refractivity contribution in [2.45, 2.75) is 43.1 Å². The second kappa shape index (κ2) is 2.41. The van der Waals surface area contributed by atoms with Crippen molar-refractivity contribution in [3.05, 3.63) is 0 Å². The van der Waals surface area contributed by atoms with Crippen LogP contribution in [0.3, 0.4) is 0 Å². The van der Waals surface area contributed by atoms with Gasteiger partial charge < -0.3 is 29.5 Å². The Morgan fingerprint density at radius 2 is 1.08 bits per heavy atom. The van der Waals surface area contributed by atoms with Crippen molar-refractivity contribution in [1.82, 2.24) is 0 Å². The molecule has 74 valence electrons. The first-order valence-corrected chi connectivity index (χ1v) is 4.19. The van der Waals surface area contributed by atoms with Gasteiger partial charge in [0.1, 0.15) is 36.6 Å². The fourth-order valence-electron chi connectivity index (χ4n) is 2.12. The lowest BCUT2D eigenvalue weighted by atomic mass is 9.85. The largest absolute Gasteiger partial charge is 0.387 e. The van der Waals surface area contributed by atoms with Gasteiger partial charge in [-0.1, -0.05) is 0 Å². The SMILES string of the molecule is OC1[C@@H](O)[C@@H]2OC3OC2[C@H](O3)[C@H]1O. The lowest BCUT2D eigenvalue weighted by Crippen LogP contribution is -2.63. The molecule has 6 heteroatoms. The molecule has 2 aliphatic heterocycles. The van der Waals surface area contributed by atoms with Crippen LogP contribution in [0.4, 0.5) is 0 Å². The highest BCUT2D eigenvalue weighted by Gasteiger charge is 2.61. The first-order chi connectivity index (χ1) is 6.18. The van der Waals surface area contributed by atoms with Crippen molar-refractivity contribution < 1.29 is 29.5 Å². The van der Waals surface area contributed by atoms with Crippen molar-refractivity contribution in [2.75, 3.05) is 0 Å². The van der Waals surface area contributed by atoms with Crippen LogP contribution in [-0.2, 0) is 14.2 Å². The maximum absolute atomic E-state index is 9.49. The molecule has 6 nitrogen and oxygen atoms in total. The fourth-order valence-corrected chi connectivity index (χ4v) is 2.12. The van der Waals surface area contributed by atoms with E-state index >= 15 is 0 Å². The van der Waals surface area contributed by atoms with E-state index in [2.05, 4.69) is 0 Å². The Bertz CT molecular complexity index is 213.